The van der Waals surface area contributed by atoms with Crippen molar-refractivity contribution in [1.29, 1.82) is 0 Å². The number of aliphatic hydroxyl groups is 9. The molecule has 3 aromatic carbocycles. The van der Waals surface area contributed by atoms with E-state index in [9.17, 15) is 75.7 Å². The molecule has 15 atom stereocenters. The van der Waals surface area contributed by atoms with Crippen LogP contribution in [0.5, 0.6) is 40.2 Å². The summed E-state index contributed by atoms with van der Waals surface area (Å²) < 4.78 is 63.0. The summed E-state index contributed by atoms with van der Waals surface area (Å²) in [5, 5.41) is 128. The molecule has 3 saturated heterocycles. The fourth-order valence-electron chi connectivity index (χ4n) is 8.53. The van der Waals surface area contributed by atoms with Crippen molar-refractivity contribution < 1.29 is 123 Å². The third-order valence-corrected chi connectivity index (χ3v) is 12.9. The molecule has 3 fully saturated rings. The number of aromatic hydroxyl groups is 3. The van der Waals surface area contributed by atoms with Crippen molar-refractivity contribution in [3.05, 3.63) is 112 Å². The van der Waals surface area contributed by atoms with Crippen molar-refractivity contribution in [2.24, 2.45) is 0 Å². The second-order valence-electron chi connectivity index (χ2n) is 18.2. The zero-order chi connectivity index (χ0) is 56.8. The van der Waals surface area contributed by atoms with Crippen LogP contribution in [0.2, 0.25) is 0 Å². The number of fused-ring (bicyclic) bond motifs is 1. The van der Waals surface area contributed by atoms with Crippen LogP contribution in [-0.2, 0) is 38.0 Å². The van der Waals surface area contributed by atoms with Gasteiger partial charge in [-0.15, -0.1) is 0 Å². The maximum atomic E-state index is 13.2. The van der Waals surface area contributed by atoms with Gasteiger partial charge in [0.05, 0.1) is 26.4 Å². The van der Waals surface area contributed by atoms with Crippen LogP contribution in [0.1, 0.15) is 11.1 Å². The number of hydrogen-bond acceptors (Lipinski definition) is 26. The lowest BCUT2D eigenvalue weighted by Crippen LogP contribution is -2.65. The highest BCUT2D eigenvalue weighted by atomic mass is 16.8. The van der Waals surface area contributed by atoms with Crippen molar-refractivity contribution in [3.8, 4) is 62.9 Å². The first kappa shape index (κ1) is 57.8. The number of hydrogen-bond donors (Lipinski definition) is 12. The van der Waals surface area contributed by atoms with E-state index < -0.39 is 129 Å². The van der Waals surface area contributed by atoms with Gasteiger partial charge in [0.25, 0.3) is 0 Å². The first-order chi connectivity index (χ1) is 37.8. The Balaban J connectivity index is 1.11. The topological polar surface area (TPSA) is 399 Å². The number of phenolic OH excluding ortho intramolecular Hbond substituents is 3. The molecule has 0 aromatic heterocycles. The van der Waals surface area contributed by atoms with Gasteiger partial charge < -0.3 is 113 Å². The maximum Gasteiger partial charge on any atom is 0.330 e. The smallest absolute Gasteiger partial charge is 0.330 e. The molecule has 0 saturated carbocycles. The minimum Gasteiger partial charge on any atom is -0.508 e. The molecule has 3 aromatic rings. The van der Waals surface area contributed by atoms with Gasteiger partial charge >= 0.3 is 11.9 Å². The van der Waals surface area contributed by atoms with Gasteiger partial charge in [0.15, 0.2) is 52.3 Å². The lowest BCUT2D eigenvalue weighted by molar-refractivity contribution is -0.358. The van der Waals surface area contributed by atoms with Crippen LogP contribution in [0.15, 0.2) is 100 Å². The molecule has 1 aliphatic carbocycles. The third kappa shape index (κ3) is 13.2. The van der Waals surface area contributed by atoms with Crippen molar-refractivity contribution in [2.75, 3.05) is 34.0 Å². The van der Waals surface area contributed by atoms with Crippen molar-refractivity contribution >= 4 is 24.1 Å². The number of ether oxygens (including phenoxy) is 10. The van der Waals surface area contributed by atoms with Crippen LogP contribution < -0.4 is 24.4 Å². The van der Waals surface area contributed by atoms with Crippen molar-refractivity contribution in [3.63, 3.8) is 0 Å². The Morgan fingerprint density at radius 2 is 1.05 bits per heavy atom. The van der Waals surface area contributed by atoms with Crippen LogP contribution >= 0.6 is 0 Å². The van der Waals surface area contributed by atoms with Crippen LogP contribution in [0, 0.1) is 0 Å². The van der Waals surface area contributed by atoms with E-state index in [0.717, 1.165) is 24.3 Å². The lowest BCUT2D eigenvalue weighted by atomic mass is 9.97. The summed E-state index contributed by atoms with van der Waals surface area (Å²) in [6, 6.07) is 17.0. The zero-order valence-electron chi connectivity index (χ0n) is 41.7. The normalized spacial score (nSPS) is 29.1. The molecule has 0 spiro atoms. The largest absolute Gasteiger partial charge is 0.508 e. The lowest BCUT2D eigenvalue weighted by Gasteiger charge is -2.46. The third-order valence-electron chi connectivity index (χ3n) is 12.9. The molecule has 8 rings (SSSR count). The van der Waals surface area contributed by atoms with E-state index in [1.165, 1.54) is 93.1 Å². The molecule has 4 aliphatic heterocycles. The van der Waals surface area contributed by atoms with Gasteiger partial charge in [-0.25, -0.2) is 9.59 Å². The molecule has 0 bridgehead atoms. The number of methoxy groups -OCH3 is 2. The quantitative estimate of drug-likeness (QED) is 0.0380. The highest BCUT2D eigenvalue weighted by molar-refractivity contribution is 5.88. The minimum absolute atomic E-state index is 0.107. The highest BCUT2D eigenvalue weighted by Crippen LogP contribution is 2.44. The van der Waals surface area contributed by atoms with Crippen LogP contribution in [0.25, 0.3) is 34.8 Å². The summed E-state index contributed by atoms with van der Waals surface area (Å²) in [5.74, 6) is -3.35. The highest BCUT2D eigenvalue weighted by Gasteiger charge is 2.52. The number of carbonyl (C=O) groups is 2. The molecule has 424 valence electrons. The zero-order valence-corrected chi connectivity index (χ0v) is 41.7. The molecule has 0 amide bonds. The molecule has 12 N–H and O–H groups in total. The van der Waals surface area contributed by atoms with E-state index in [0.29, 0.717) is 11.1 Å². The Labute approximate surface area is 447 Å². The van der Waals surface area contributed by atoms with Crippen molar-refractivity contribution in [2.45, 2.75) is 92.1 Å². The molecule has 4 heterocycles. The summed E-state index contributed by atoms with van der Waals surface area (Å²) >= 11 is 0. The van der Waals surface area contributed by atoms with E-state index >= 15 is 0 Å². The maximum absolute atomic E-state index is 13.2. The Hall–Kier alpha value is -7.41. The van der Waals surface area contributed by atoms with Gasteiger partial charge in [0.1, 0.15) is 97.6 Å². The first-order valence-corrected chi connectivity index (χ1v) is 24.1. The summed E-state index contributed by atoms with van der Waals surface area (Å²) in [6.07, 6.45) is -23.8. The van der Waals surface area contributed by atoms with E-state index in [1.54, 1.807) is 0 Å². The summed E-state index contributed by atoms with van der Waals surface area (Å²) in [5.41, 5.74) is 0.185. The van der Waals surface area contributed by atoms with Gasteiger partial charge in [-0.1, -0.05) is 12.1 Å². The predicted octanol–water partition coefficient (Wildman–Crippen LogP) is -0.744. The van der Waals surface area contributed by atoms with E-state index in [-0.39, 0.29) is 62.9 Å². The Kier molecular flexibility index (Phi) is 18.4. The molecular formula is C53H56O26. The number of rotatable bonds is 18. The van der Waals surface area contributed by atoms with Gasteiger partial charge in [-0.3, -0.25) is 4.79 Å². The second-order valence-corrected chi connectivity index (χ2v) is 18.2. The van der Waals surface area contributed by atoms with Crippen LogP contribution in [-0.4, -0.2) is 199 Å². The molecule has 26 nitrogen and oxygen atoms in total. The molecule has 0 unspecified atom stereocenters. The Bertz CT molecular complexity index is 2990. The summed E-state index contributed by atoms with van der Waals surface area (Å²) in [6.45, 7) is -2.35. The minimum atomic E-state index is -2.13. The Morgan fingerprint density at radius 3 is 1.61 bits per heavy atom. The molecule has 79 heavy (non-hydrogen) atoms. The summed E-state index contributed by atoms with van der Waals surface area (Å²) in [7, 11) is 2.66. The number of carbonyl (C=O) groups excluding carboxylic acids is 2. The summed E-state index contributed by atoms with van der Waals surface area (Å²) in [4.78, 5) is 39.0. The van der Waals surface area contributed by atoms with E-state index in [1.807, 2.05) is 0 Å². The Morgan fingerprint density at radius 1 is 0.544 bits per heavy atom. The average Bonchev–Trinajstić information content (AvgIpc) is 3.47. The van der Waals surface area contributed by atoms with Crippen LogP contribution in [0.4, 0.5) is 0 Å². The van der Waals surface area contributed by atoms with Crippen molar-refractivity contribution in [1.82, 2.24) is 0 Å². The molecule has 0 radical (unpaired) electrons. The average molecular weight is 1110 g/mol. The van der Waals surface area contributed by atoms with E-state index in [4.69, 9.17) is 51.8 Å². The standard InChI is InChI=1S/C53H56O26/c1-69-33-15-23(3-11-29(33)57)5-13-39(59)71-21-37-42(62)45(65)48(68)52(77-37)79-50-46(66)43(63)38(22-72-40(60)14-6-24-4-12-30(58)34(16-24)70-2)78-53(50)75-35-19-28-31(73-49(35)25-7-9-26(55)10-8-25)17-27(56)18-32(28)74-51-47(67)44(64)41(61)36(20-54)76-51/h3-19,36-38,41-48,50-55,57-58,61-68H,20-22H2,1-2H3/t36-,37+,38-,41-,42-,43-,44+,45+,46+,47-,48+,50-,51-,52+,53-/m1/s1. The van der Waals surface area contributed by atoms with Gasteiger partial charge in [-0.2, -0.15) is 0 Å². The predicted molar refractivity (Wildman–Crippen MR) is 265 cm³/mol. The van der Waals surface area contributed by atoms with Crippen LogP contribution in [0.3, 0.4) is 0 Å². The number of aliphatic hydroxyl groups excluding tert-OH is 9. The van der Waals surface area contributed by atoms with Gasteiger partial charge in [-0.05, 0) is 77.9 Å². The fraction of sp³-hybridized carbons (Fsp3) is 0.377. The monoisotopic (exact) mass is 1110 g/mol. The fourth-order valence-corrected chi connectivity index (χ4v) is 8.53. The second kappa shape index (κ2) is 25.1. The first-order valence-electron chi connectivity index (χ1n) is 24.1. The molecule has 5 aliphatic rings. The molecule has 26 heteroatoms. The van der Waals surface area contributed by atoms with Gasteiger partial charge in [0, 0.05) is 29.8 Å². The number of esters is 2. The van der Waals surface area contributed by atoms with Gasteiger partial charge in [0.2, 0.25) is 12.6 Å². The molecular weight excluding hydrogens is 1050 g/mol. The SMILES string of the molecule is COc1cc(C=CC(=O)OC[C@@H]2O[C@@H](O[C@H]3[C@H](Oc4cc5c(O[C@@H]6O[C@H](CO)[C@@H](O)[C@H](O)[C@H]6O)cc(=O)cc-5oc4-c4ccc(O)cc4)O[C@H](COC(=O)C=Cc4ccc(O)c(OC)c4)[C@@H](O)[C@@H]3O)[C@@H](O)[C@@H](O)[C@@H]2O)ccc1O. The number of phenols is 3. The number of benzene rings is 4. The van der Waals surface area contributed by atoms with E-state index in [2.05, 4.69) is 0 Å².